The Labute approximate surface area is 183 Å². The summed E-state index contributed by atoms with van der Waals surface area (Å²) in [7, 11) is 2.90. The van der Waals surface area contributed by atoms with Gasteiger partial charge >= 0.3 is 0 Å². The van der Waals surface area contributed by atoms with E-state index in [4.69, 9.17) is 9.47 Å². The van der Waals surface area contributed by atoms with Gasteiger partial charge in [-0.2, -0.15) is 0 Å². The molecule has 1 saturated heterocycles. The van der Waals surface area contributed by atoms with Crippen molar-refractivity contribution in [2.75, 3.05) is 27.4 Å². The fraction of sp³-hybridized carbons (Fsp3) is 0.273. The Kier molecular flexibility index (Phi) is 6.74. The number of methoxy groups -OCH3 is 2. The SMILES string of the molecule is COCCCN1C(=O)C(=O)/C(=C(\O)c2ccc([N+](=O)[O-])cc2)C1c1ccc(OC)c(O)c1. The second-order valence-electron chi connectivity index (χ2n) is 7.07. The number of aromatic hydroxyl groups is 1. The lowest BCUT2D eigenvalue weighted by molar-refractivity contribution is -0.384. The molecule has 10 heteroatoms. The topological polar surface area (TPSA) is 139 Å². The Bertz CT molecular complexity index is 1080. The number of hydrogen-bond donors (Lipinski definition) is 2. The first-order chi connectivity index (χ1) is 15.3. The second kappa shape index (κ2) is 9.48. The molecule has 3 rings (SSSR count). The third kappa shape index (κ3) is 4.26. The summed E-state index contributed by atoms with van der Waals surface area (Å²) in [4.78, 5) is 37.3. The molecule has 0 aromatic heterocycles. The Balaban J connectivity index is 2.13. The maximum atomic E-state index is 12.9. The highest BCUT2D eigenvalue weighted by Crippen LogP contribution is 2.41. The van der Waals surface area contributed by atoms with Crippen LogP contribution in [0.5, 0.6) is 11.5 Å². The highest BCUT2D eigenvalue weighted by atomic mass is 16.6. The molecule has 1 heterocycles. The van der Waals surface area contributed by atoms with Gasteiger partial charge in [-0.25, -0.2) is 0 Å². The van der Waals surface area contributed by atoms with Crippen LogP contribution < -0.4 is 4.74 Å². The Morgan fingerprint density at radius 2 is 1.84 bits per heavy atom. The van der Waals surface area contributed by atoms with Crippen LogP contribution in [-0.4, -0.2) is 59.1 Å². The zero-order chi connectivity index (χ0) is 23.4. The van der Waals surface area contributed by atoms with Crippen LogP contribution >= 0.6 is 0 Å². The van der Waals surface area contributed by atoms with Crippen molar-refractivity contribution < 1.29 is 34.2 Å². The lowest BCUT2D eigenvalue weighted by atomic mass is 9.95. The molecule has 10 nitrogen and oxygen atoms in total. The Morgan fingerprint density at radius 3 is 2.41 bits per heavy atom. The number of benzene rings is 2. The van der Waals surface area contributed by atoms with Gasteiger partial charge in [0.2, 0.25) is 0 Å². The van der Waals surface area contributed by atoms with Gasteiger partial charge in [0.1, 0.15) is 5.76 Å². The molecule has 32 heavy (non-hydrogen) atoms. The minimum absolute atomic E-state index is 0.147. The molecule has 1 aliphatic rings. The predicted molar refractivity (Wildman–Crippen MR) is 113 cm³/mol. The van der Waals surface area contributed by atoms with E-state index in [9.17, 15) is 29.9 Å². The van der Waals surface area contributed by atoms with E-state index in [-0.39, 0.29) is 34.9 Å². The molecule has 1 fully saturated rings. The van der Waals surface area contributed by atoms with Crippen molar-refractivity contribution in [1.82, 2.24) is 4.90 Å². The summed E-state index contributed by atoms with van der Waals surface area (Å²) in [5.74, 6) is -2.14. The summed E-state index contributed by atoms with van der Waals surface area (Å²) in [5.41, 5.74) is 0.181. The molecule has 2 aromatic rings. The van der Waals surface area contributed by atoms with E-state index in [1.807, 2.05) is 0 Å². The van der Waals surface area contributed by atoms with Crippen LogP contribution in [0, 0.1) is 10.1 Å². The maximum absolute atomic E-state index is 12.9. The van der Waals surface area contributed by atoms with E-state index in [2.05, 4.69) is 0 Å². The van der Waals surface area contributed by atoms with Crippen LogP contribution in [0.15, 0.2) is 48.0 Å². The number of likely N-dealkylation sites (tertiary alicyclic amines) is 1. The molecular formula is C22H22N2O8. The molecule has 2 aromatic carbocycles. The summed E-state index contributed by atoms with van der Waals surface area (Å²) in [6, 6.07) is 8.45. The standard InChI is InChI=1S/C22H22N2O8/c1-31-11-3-10-23-19(14-6-9-17(32-2)16(25)12-14)18(21(27)22(23)28)20(26)13-4-7-15(8-5-13)24(29)30/h4-9,12,19,25-26H,3,10-11H2,1-2H3/b20-18-. The predicted octanol–water partition coefficient (Wildman–Crippen LogP) is 2.77. The zero-order valence-corrected chi connectivity index (χ0v) is 17.5. The third-order valence-electron chi connectivity index (χ3n) is 5.16. The highest BCUT2D eigenvalue weighted by molar-refractivity contribution is 6.46. The largest absolute Gasteiger partial charge is 0.507 e. The Morgan fingerprint density at radius 1 is 1.16 bits per heavy atom. The smallest absolute Gasteiger partial charge is 0.295 e. The highest BCUT2D eigenvalue weighted by Gasteiger charge is 2.46. The molecule has 168 valence electrons. The van der Waals surface area contributed by atoms with Crippen molar-refractivity contribution >= 4 is 23.1 Å². The summed E-state index contributed by atoms with van der Waals surface area (Å²) >= 11 is 0. The van der Waals surface area contributed by atoms with Gasteiger partial charge in [0.05, 0.1) is 23.6 Å². The number of ketones is 1. The Hall–Kier alpha value is -3.92. The van der Waals surface area contributed by atoms with Gasteiger partial charge in [-0.1, -0.05) is 6.07 Å². The van der Waals surface area contributed by atoms with Crippen molar-refractivity contribution in [1.29, 1.82) is 0 Å². The minimum Gasteiger partial charge on any atom is -0.507 e. The lowest BCUT2D eigenvalue weighted by Crippen LogP contribution is -2.31. The first kappa shape index (κ1) is 22.8. The number of aliphatic hydroxyl groups is 1. The van der Waals surface area contributed by atoms with Crippen LogP contribution in [0.3, 0.4) is 0 Å². The van der Waals surface area contributed by atoms with E-state index in [1.54, 1.807) is 6.07 Å². The van der Waals surface area contributed by atoms with Gasteiger partial charge in [-0.15, -0.1) is 0 Å². The fourth-order valence-corrected chi connectivity index (χ4v) is 3.61. The van der Waals surface area contributed by atoms with Crippen LogP contribution in [-0.2, 0) is 14.3 Å². The maximum Gasteiger partial charge on any atom is 0.295 e. The molecule has 1 amide bonds. The van der Waals surface area contributed by atoms with E-state index in [1.165, 1.54) is 55.5 Å². The second-order valence-corrected chi connectivity index (χ2v) is 7.07. The number of carbonyl (C=O) groups is 2. The molecule has 1 aliphatic heterocycles. The van der Waals surface area contributed by atoms with Crippen LogP contribution in [0.25, 0.3) is 5.76 Å². The average molecular weight is 442 g/mol. The summed E-state index contributed by atoms with van der Waals surface area (Å²) < 4.78 is 10.1. The monoisotopic (exact) mass is 442 g/mol. The number of hydrogen-bond acceptors (Lipinski definition) is 8. The van der Waals surface area contributed by atoms with Gasteiger partial charge in [0.15, 0.2) is 11.5 Å². The fourth-order valence-electron chi connectivity index (χ4n) is 3.61. The number of phenolic OH excluding ortho intramolecular Hbond substituents is 1. The molecule has 2 N–H and O–H groups in total. The van der Waals surface area contributed by atoms with Crippen molar-refractivity contribution in [3.05, 3.63) is 69.3 Å². The van der Waals surface area contributed by atoms with Crippen molar-refractivity contribution in [3.63, 3.8) is 0 Å². The normalized spacial score (nSPS) is 17.6. The average Bonchev–Trinajstić information content (AvgIpc) is 3.03. The summed E-state index contributed by atoms with van der Waals surface area (Å²) in [6.07, 6.45) is 0.444. The van der Waals surface area contributed by atoms with Crippen LogP contribution in [0.2, 0.25) is 0 Å². The molecule has 1 unspecified atom stereocenters. The number of nitro benzene ring substituents is 1. The number of nitro groups is 1. The molecule has 0 radical (unpaired) electrons. The number of amides is 1. The quantitative estimate of drug-likeness (QED) is 0.159. The molecule has 0 bridgehead atoms. The van der Waals surface area contributed by atoms with Gasteiger partial charge in [-0.05, 0) is 36.2 Å². The number of Topliss-reactive ketones (excluding diaryl/α,β-unsaturated/α-hetero) is 1. The van der Waals surface area contributed by atoms with Crippen molar-refractivity contribution in [2.45, 2.75) is 12.5 Å². The first-order valence-electron chi connectivity index (χ1n) is 9.69. The molecule has 0 aliphatic carbocycles. The summed E-state index contributed by atoms with van der Waals surface area (Å²) in [6.45, 7) is 0.527. The molecular weight excluding hydrogens is 420 g/mol. The number of non-ortho nitro benzene ring substituents is 1. The minimum atomic E-state index is -0.973. The number of aliphatic hydroxyl groups excluding tert-OH is 1. The number of phenols is 1. The van der Waals surface area contributed by atoms with Gasteiger partial charge in [0.25, 0.3) is 17.4 Å². The zero-order valence-electron chi connectivity index (χ0n) is 17.5. The van der Waals surface area contributed by atoms with E-state index in [0.29, 0.717) is 18.6 Å². The molecule has 0 saturated carbocycles. The van der Waals surface area contributed by atoms with Crippen molar-refractivity contribution in [3.8, 4) is 11.5 Å². The number of nitrogens with zero attached hydrogens (tertiary/aromatic N) is 2. The van der Waals surface area contributed by atoms with Crippen LogP contribution in [0.1, 0.15) is 23.6 Å². The first-order valence-corrected chi connectivity index (χ1v) is 9.69. The van der Waals surface area contributed by atoms with Crippen LogP contribution in [0.4, 0.5) is 5.69 Å². The van der Waals surface area contributed by atoms with Crippen molar-refractivity contribution in [2.24, 2.45) is 0 Å². The number of carbonyl (C=O) groups excluding carboxylic acids is 2. The number of rotatable bonds is 8. The van der Waals surface area contributed by atoms with Gasteiger partial charge in [0, 0.05) is 38.0 Å². The van der Waals surface area contributed by atoms with E-state index in [0.717, 1.165) is 0 Å². The lowest BCUT2D eigenvalue weighted by Gasteiger charge is -2.25. The summed E-state index contributed by atoms with van der Waals surface area (Å²) in [5, 5.41) is 32.1. The molecule has 0 spiro atoms. The van der Waals surface area contributed by atoms with E-state index < -0.39 is 28.4 Å². The van der Waals surface area contributed by atoms with Gasteiger partial charge < -0.3 is 24.6 Å². The third-order valence-corrected chi connectivity index (χ3v) is 5.16. The van der Waals surface area contributed by atoms with E-state index >= 15 is 0 Å². The van der Waals surface area contributed by atoms with Gasteiger partial charge in [-0.3, -0.25) is 19.7 Å². The molecule has 1 atom stereocenters. The number of ether oxygens (including phenoxy) is 2.